The van der Waals surface area contributed by atoms with Crippen LogP contribution in [0.5, 0.6) is 0 Å². The van der Waals surface area contributed by atoms with Crippen molar-refractivity contribution >= 4 is 17.9 Å². The summed E-state index contributed by atoms with van der Waals surface area (Å²) in [7, 11) is 5.95. The minimum Gasteiger partial charge on any atom is -0.477 e. The van der Waals surface area contributed by atoms with Gasteiger partial charge in [0.1, 0.15) is 13.2 Å². The van der Waals surface area contributed by atoms with Crippen LogP contribution in [0.1, 0.15) is 284 Å². The van der Waals surface area contributed by atoms with Crippen LogP contribution in [-0.4, -0.2) is 87.4 Å². The van der Waals surface area contributed by atoms with Gasteiger partial charge >= 0.3 is 17.9 Å². The number of allylic oxidation sites excluding steroid dienone is 34. The number of esters is 2. The Morgan fingerprint density at radius 2 is 0.545 bits per heavy atom. The van der Waals surface area contributed by atoms with Gasteiger partial charge in [-0.3, -0.25) is 9.59 Å². The summed E-state index contributed by atoms with van der Waals surface area (Å²) in [6.07, 6.45) is 118. The highest BCUT2D eigenvalue weighted by molar-refractivity contribution is 5.71. The second kappa shape index (κ2) is 77.6. The van der Waals surface area contributed by atoms with E-state index >= 15 is 0 Å². The van der Waals surface area contributed by atoms with Gasteiger partial charge in [-0.1, -0.05) is 330 Å². The quantitative estimate of drug-likeness (QED) is 0.0211. The van der Waals surface area contributed by atoms with Gasteiger partial charge in [0.25, 0.3) is 6.29 Å². The molecule has 1 N–H and O–H groups in total. The summed E-state index contributed by atoms with van der Waals surface area (Å²) in [5.41, 5.74) is 0. The first kappa shape index (κ1) is 92.9. The van der Waals surface area contributed by atoms with E-state index in [-0.39, 0.29) is 38.6 Å². The third kappa shape index (κ3) is 79.1. The summed E-state index contributed by atoms with van der Waals surface area (Å²) in [5.74, 6) is -2.08. The maximum atomic E-state index is 13.0. The van der Waals surface area contributed by atoms with Gasteiger partial charge in [-0.25, -0.2) is 4.79 Å². The summed E-state index contributed by atoms with van der Waals surface area (Å²) in [5, 5.41) is 9.77. The van der Waals surface area contributed by atoms with Crippen molar-refractivity contribution in [3.63, 3.8) is 0 Å². The molecule has 0 heterocycles. The highest BCUT2D eigenvalue weighted by Gasteiger charge is 2.25. The Morgan fingerprint density at radius 3 is 0.828 bits per heavy atom. The second-order valence-electron chi connectivity index (χ2n) is 26.6. The Labute approximate surface area is 607 Å². The third-order valence-corrected chi connectivity index (χ3v) is 16.0. The molecule has 9 heteroatoms. The largest absolute Gasteiger partial charge is 0.477 e. The van der Waals surface area contributed by atoms with E-state index in [1.54, 1.807) is 0 Å². The molecule has 0 saturated heterocycles. The van der Waals surface area contributed by atoms with E-state index in [1.807, 2.05) is 21.1 Å². The molecule has 0 fully saturated rings. The standard InChI is InChI=1S/C90H143NO8/c1-6-8-10-12-14-16-18-20-22-24-26-28-30-32-34-36-38-40-42-43-44-45-47-49-51-53-55-57-59-61-63-65-67-69-71-73-75-77-79-81-88(93)99-86(85-98-90(89(94)95)96-83-82-91(3,4)5)84-97-87(92)80-78-76-74-72-70-68-66-64-62-60-58-56-54-52-50-48-46-41-39-37-35-33-31-29-27-25-23-21-19-17-15-13-11-9-7-2/h8-11,14-17,20-23,26-29,32-35,38,40,43-44,47,49,53,55,59,61,65,67,71,73,86,90H,6-7,12-13,18-19,24-25,30-31,36-37,39,41-42,45-46,48,50-52,54,56-58,60,62-64,66,68-70,72,74-85H2,1-5H3/p+1/b10-8-,11-9-,16-14-,17-15-,22-20-,23-21-,28-26-,29-27-,34-32-,35-33-,40-38-,44-43-,49-47-,55-53-,61-59-,67-65-,73-71-. The number of rotatable bonds is 70. The van der Waals surface area contributed by atoms with E-state index in [0.717, 1.165) is 141 Å². The van der Waals surface area contributed by atoms with Crippen molar-refractivity contribution in [1.82, 2.24) is 0 Å². The van der Waals surface area contributed by atoms with Crippen molar-refractivity contribution in [2.45, 2.75) is 296 Å². The fraction of sp³-hybridized carbons (Fsp3) is 0.589. The molecule has 9 nitrogen and oxygen atoms in total. The van der Waals surface area contributed by atoms with E-state index in [4.69, 9.17) is 18.9 Å². The molecule has 0 aromatic carbocycles. The highest BCUT2D eigenvalue weighted by Crippen LogP contribution is 2.17. The molecule has 0 aromatic heterocycles. The summed E-state index contributed by atoms with van der Waals surface area (Å²) in [6.45, 7) is 4.59. The Balaban J connectivity index is 4.19. The minimum absolute atomic E-state index is 0.169. The number of likely N-dealkylation sites (N-methyl/N-ethyl adjacent to an activating group) is 1. The van der Waals surface area contributed by atoms with Crippen molar-refractivity contribution in [2.24, 2.45) is 0 Å². The molecule has 2 atom stereocenters. The van der Waals surface area contributed by atoms with Crippen LogP contribution >= 0.6 is 0 Å². The monoisotopic (exact) mass is 1370 g/mol. The second-order valence-corrected chi connectivity index (χ2v) is 26.6. The van der Waals surface area contributed by atoms with Gasteiger partial charge in [-0.05, 0) is 148 Å². The van der Waals surface area contributed by atoms with Crippen LogP contribution < -0.4 is 0 Å². The first-order valence-corrected chi connectivity index (χ1v) is 39.2. The lowest BCUT2D eigenvalue weighted by Crippen LogP contribution is -2.40. The van der Waals surface area contributed by atoms with Crippen molar-refractivity contribution in [3.8, 4) is 0 Å². The van der Waals surface area contributed by atoms with Crippen molar-refractivity contribution in [3.05, 3.63) is 207 Å². The average Bonchev–Trinajstić information content (AvgIpc) is 1.14. The number of carbonyl (C=O) groups excluding carboxylic acids is 2. The molecule has 0 aliphatic heterocycles. The lowest BCUT2D eigenvalue weighted by atomic mass is 10.0. The zero-order valence-electron chi connectivity index (χ0n) is 63.6. The van der Waals surface area contributed by atoms with Gasteiger partial charge in [0.2, 0.25) is 0 Å². The molecule has 99 heavy (non-hydrogen) atoms. The first-order valence-electron chi connectivity index (χ1n) is 39.2. The fourth-order valence-corrected chi connectivity index (χ4v) is 10.1. The van der Waals surface area contributed by atoms with Crippen LogP contribution in [0.2, 0.25) is 0 Å². The average molecular weight is 1370 g/mol. The molecule has 0 aliphatic rings. The lowest BCUT2D eigenvalue weighted by Gasteiger charge is -2.25. The van der Waals surface area contributed by atoms with Crippen LogP contribution in [0.15, 0.2) is 207 Å². The zero-order valence-corrected chi connectivity index (χ0v) is 63.6. The molecule has 0 bridgehead atoms. The van der Waals surface area contributed by atoms with Gasteiger partial charge in [-0.15, -0.1) is 0 Å². The number of carbonyl (C=O) groups is 3. The van der Waals surface area contributed by atoms with E-state index in [2.05, 4.69) is 220 Å². The topological polar surface area (TPSA) is 108 Å². The number of quaternary nitrogens is 1. The van der Waals surface area contributed by atoms with E-state index in [0.29, 0.717) is 17.4 Å². The summed E-state index contributed by atoms with van der Waals surface area (Å²) in [6, 6.07) is 0. The molecule has 2 unspecified atom stereocenters. The molecule has 0 radical (unpaired) electrons. The number of hydrogen-bond acceptors (Lipinski definition) is 7. The molecule has 0 spiro atoms. The fourth-order valence-electron chi connectivity index (χ4n) is 10.1. The normalized spacial score (nSPS) is 13.8. The van der Waals surface area contributed by atoms with Crippen LogP contribution in [0, 0.1) is 0 Å². The van der Waals surface area contributed by atoms with E-state index in [9.17, 15) is 19.5 Å². The minimum atomic E-state index is -1.54. The highest BCUT2D eigenvalue weighted by atomic mass is 16.7. The number of hydrogen-bond donors (Lipinski definition) is 1. The molecular formula is C90H144NO8+. The van der Waals surface area contributed by atoms with Crippen LogP contribution in [0.3, 0.4) is 0 Å². The Bertz CT molecular complexity index is 2390. The number of nitrogens with zero attached hydrogens (tertiary/aromatic N) is 1. The number of carboxylic acid groups (broad SMARTS) is 1. The van der Waals surface area contributed by atoms with Gasteiger partial charge in [0.15, 0.2) is 6.10 Å². The molecule has 556 valence electrons. The predicted molar refractivity (Wildman–Crippen MR) is 428 cm³/mol. The molecule has 0 rings (SSSR count). The lowest BCUT2D eigenvalue weighted by molar-refractivity contribution is -0.870. The summed E-state index contributed by atoms with van der Waals surface area (Å²) >= 11 is 0. The maximum absolute atomic E-state index is 13.0. The van der Waals surface area contributed by atoms with Crippen molar-refractivity contribution < 1.29 is 42.9 Å². The van der Waals surface area contributed by atoms with Crippen LogP contribution in [0.25, 0.3) is 0 Å². The van der Waals surface area contributed by atoms with Gasteiger partial charge in [-0.2, -0.15) is 0 Å². The SMILES string of the molecule is CC/C=C\C/C=C\C/C=C\C/C=C\C/C=C\C/C=C\C/C=C\C/C=C\C/C=C\C/C=C\C/C=C\C/C=C\CCCCC(=O)OC(COC(=O)CCCCCCCCCCCCCCCCCCCCC/C=C\C/C=C\C/C=C\C/C=C\C/C=C\CC)COC(OCC[N+](C)(C)C)C(=O)O. The molecular weight excluding hydrogens is 1220 g/mol. The summed E-state index contributed by atoms with van der Waals surface area (Å²) < 4.78 is 23.0. The van der Waals surface area contributed by atoms with E-state index < -0.39 is 24.3 Å². The maximum Gasteiger partial charge on any atom is 0.361 e. The van der Waals surface area contributed by atoms with Crippen molar-refractivity contribution in [2.75, 3.05) is 47.5 Å². The van der Waals surface area contributed by atoms with Gasteiger partial charge in [0.05, 0.1) is 34.4 Å². The number of ether oxygens (including phenoxy) is 4. The number of carboxylic acids is 1. The Kier molecular flexibility index (Phi) is 72.8. The number of aliphatic carboxylic acids is 1. The first-order chi connectivity index (χ1) is 48.6. The summed E-state index contributed by atoms with van der Waals surface area (Å²) in [4.78, 5) is 37.7. The van der Waals surface area contributed by atoms with Crippen LogP contribution in [-0.2, 0) is 33.3 Å². The number of unbranched alkanes of at least 4 members (excludes halogenated alkanes) is 21. The van der Waals surface area contributed by atoms with Gasteiger partial charge in [0, 0.05) is 12.8 Å². The third-order valence-electron chi connectivity index (χ3n) is 16.0. The molecule has 0 amide bonds. The Morgan fingerprint density at radius 1 is 0.303 bits per heavy atom. The molecule has 0 aromatic rings. The zero-order chi connectivity index (χ0) is 71.8. The van der Waals surface area contributed by atoms with Crippen LogP contribution in [0.4, 0.5) is 0 Å². The van der Waals surface area contributed by atoms with Crippen molar-refractivity contribution in [1.29, 1.82) is 0 Å². The smallest absolute Gasteiger partial charge is 0.361 e. The molecule has 0 saturated carbocycles. The molecule has 0 aliphatic carbocycles. The predicted octanol–water partition coefficient (Wildman–Crippen LogP) is 25.5. The Hall–Kier alpha value is -6.13. The van der Waals surface area contributed by atoms with Gasteiger partial charge < -0.3 is 28.5 Å². The van der Waals surface area contributed by atoms with E-state index in [1.165, 1.54) is 109 Å².